The van der Waals surface area contributed by atoms with Crippen molar-refractivity contribution in [2.24, 2.45) is 0 Å². The van der Waals surface area contributed by atoms with Gasteiger partial charge in [-0.3, -0.25) is 4.90 Å². The summed E-state index contributed by atoms with van der Waals surface area (Å²) in [6.45, 7) is 12.9. The number of hydrogen-bond donors (Lipinski definition) is 1. The summed E-state index contributed by atoms with van der Waals surface area (Å²) in [5.41, 5.74) is 0.675. The molecule has 21 heavy (non-hydrogen) atoms. The Morgan fingerprint density at radius 1 is 1.14 bits per heavy atom. The van der Waals surface area contributed by atoms with E-state index >= 15 is 0 Å². The van der Waals surface area contributed by atoms with Crippen molar-refractivity contribution in [2.45, 2.75) is 70.9 Å². The molecule has 0 unspecified atom stereocenters. The summed E-state index contributed by atoms with van der Waals surface area (Å²) < 4.78 is 0. The lowest BCUT2D eigenvalue weighted by Crippen LogP contribution is -2.69. The zero-order chi connectivity index (χ0) is 15.3. The summed E-state index contributed by atoms with van der Waals surface area (Å²) >= 11 is 1.90. The SMILES string of the molecule is CCC1(CC)CN(CCc2cccs2)C(CC)(CC)CN1. The highest BCUT2D eigenvalue weighted by Crippen LogP contribution is 2.33. The molecule has 0 spiro atoms. The van der Waals surface area contributed by atoms with E-state index in [9.17, 15) is 0 Å². The molecule has 0 radical (unpaired) electrons. The molecule has 1 aromatic heterocycles. The summed E-state index contributed by atoms with van der Waals surface area (Å²) in [6.07, 6.45) is 6.13. The number of nitrogens with zero attached hydrogens (tertiary/aromatic N) is 1. The van der Waals surface area contributed by atoms with Gasteiger partial charge in [-0.2, -0.15) is 0 Å². The van der Waals surface area contributed by atoms with Gasteiger partial charge < -0.3 is 5.32 Å². The first-order valence-corrected chi connectivity index (χ1v) is 9.54. The van der Waals surface area contributed by atoms with E-state index in [2.05, 4.69) is 55.4 Å². The van der Waals surface area contributed by atoms with Crippen LogP contribution >= 0.6 is 11.3 Å². The maximum absolute atomic E-state index is 3.91. The standard InChI is InChI=1S/C18H32N2S/c1-5-17(6-2)15-20(12-11-16-10-9-13-21-16)18(7-3,8-4)14-19-17/h9-10,13,19H,5-8,11-12,14-15H2,1-4H3. The Balaban J connectivity index is 2.12. The first-order chi connectivity index (χ1) is 10.1. The van der Waals surface area contributed by atoms with Crippen LogP contribution in [0, 0.1) is 0 Å². The lowest BCUT2D eigenvalue weighted by molar-refractivity contribution is -0.00379. The maximum Gasteiger partial charge on any atom is 0.0329 e. The van der Waals surface area contributed by atoms with Crippen LogP contribution in [-0.4, -0.2) is 35.6 Å². The van der Waals surface area contributed by atoms with Gasteiger partial charge in [-0.15, -0.1) is 11.3 Å². The molecule has 1 aliphatic rings. The van der Waals surface area contributed by atoms with Crippen LogP contribution in [-0.2, 0) is 6.42 Å². The van der Waals surface area contributed by atoms with E-state index in [1.807, 2.05) is 11.3 Å². The van der Waals surface area contributed by atoms with E-state index in [4.69, 9.17) is 0 Å². The number of piperazine rings is 1. The molecule has 3 heteroatoms. The fourth-order valence-electron chi connectivity index (χ4n) is 3.74. The van der Waals surface area contributed by atoms with Gasteiger partial charge in [0, 0.05) is 35.6 Å². The topological polar surface area (TPSA) is 15.3 Å². The second-order valence-electron chi connectivity index (χ2n) is 6.52. The second kappa shape index (κ2) is 7.26. The lowest BCUT2D eigenvalue weighted by atomic mass is 9.80. The van der Waals surface area contributed by atoms with Crippen molar-refractivity contribution in [3.63, 3.8) is 0 Å². The Morgan fingerprint density at radius 2 is 1.86 bits per heavy atom. The molecule has 0 bridgehead atoms. The molecule has 2 heterocycles. The maximum atomic E-state index is 3.91. The molecule has 0 atom stereocenters. The molecule has 2 nitrogen and oxygen atoms in total. The molecule has 1 aromatic rings. The van der Waals surface area contributed by atoms with Crippen LogP contribution in [0.15, 0.2) is 17.5 Å². The molecular formula is C18H32N2S. The molecule has 1 aliphatic heterocycles. The molecule has 1 saturated heterocycles. The van der Waals surface area contributed by atoms with Gasteiger partial charge in [0.15, 0.2) is 0 Å². The van der Waals surface area contributed by atoms with Gasteiger partial charge in [0.1, 0.15) is 0 Å². The van der Waals surface area contributed by atoms with Gasteiger partial charge in [-0.25, -0.2) is 0 Å². The zero-order valence-corrected chi connectivity index (χ0v) is 15.1. The van der Waals surface area contributed by atoms with E-state index in [0.29, 0.717) is 11.1 Å². The Kier molecular flexibility index (Phi) is 5.87. The van der Waals surface area contributed by atoms with E-state index in [1.165, 1.54) is 50.1 Å². The predicted molar refractivity (Wildman–Crippen MR) is 94.2 cm³/mol. The summed E-state index contributed by atoms with van der Waals surface area (Å²) in [7, 11) is 0. The second-order valence-corrected chi connectivity index (χ2v) is 7.56. The molecule has 0 aliphatic carbocycles. The molecule has 0 saturated carbocycles. The number of rotatable bonds is 7. The fourth-order valence-corrected chi connectivity index (χ4v) is 4.44. The minimum atomic E-state index is 0.323. The minimum absolute atomic E-state index is 0.323. The van der Waals surface area contributed by atoms with Gasteiger partial charge in [0.05, 0.1) is 0 Å². The van der Waals surface area contributed by atoms with Crippen LogP contribution in [0.1, 0.15) is 58.3 Å². The quantitative estimate of drug-likeness (QED) is 0.807. The third kappa shape index (κ3) is 3.52. The summed E-state index contributed by atoms with van der Waals surface area (Å²) in [4.78, 5) is 4.32. The van der Waals surface area contributed by atoms with Crippen molar-refractivity contribution in [2.75, 3.05) is 19.6 Å². The highest BCUT2D eigenvalue weighted by molar-refractivity contribution is 7.09. The zero-order valence-electron chi connectivity index (χ0n) is 14.2. The number of hydrogen-bond acceptors (Lipinski definition) is 3. The largest absolute Gasteiger partial charge is 0.308 e. The van der Waals surface area contributed by atoms with Gasteiger partial charge in [-0.1, -0.05) is 33.8 Å². The molecule has 0 amide bonds. The number of thiophene rings is 1. The summed E-state index contributed by atoms with van der Waals surface area (Å²) in [5.74, 6) is 0. The first kappa shape index (κ1) is 17.0. The van der Waals surface area contributed by atoms with E-state index in [-0.39, 0.29) is 0 Å². The number of nitrogens with one attached hydrogen (secondary N) is 1. The molecule has 1 N–H and O–H groups in total. The summed E-state index contributed by atoms with van der Waals surface area (Å²) in [5, 5.41) is 6.11. The molecule has 1 fully saturated rings. The normalized spacial score (nSPS) is 21.5. The van der Waals surface area contributed by atoms with Crippen molar-refractivity contribution < 1.29 is 0 Å². The first-order valence-electron chi connectivity index (χ1n) is 8.66. The highest BCUT2D eigenvalue weighted by atomic mass is 32.1. The molecule has 120 valence electrons. The monoisotopic (exact) mass is 308 g/mol. The van der Waals surface area contributed by atoms with Crippen molar-refractivity contribution in [3.8, 4) is 0 Å². The van der Waals surface area contributed by atoms with E-state index in [1.54, 1.807) is 0 Å². The molecule has 0 aromatic carbocycles. The fraction of sp³-hybridized carbons (Fsp3) is 0.778. The van der Waals surface area contributed by atoms with Gasteiger partial charge in [0.25, 0.3) is 0 Å². The minimum Gasteiger partial charge on any atom is -0.308 e. The Hall–Kier alpha value is -0.380. The summed E-state index contributed by atoms with van der Waals surface area (Å²) in [6, 6.07) is 4.45. The van der Waals surface area contributed by atoms with E-state index in [0.717, 1.165) is 6.54 Å². The van der Waals surface area contributed by atoms with Crippen molar-refractivity contribution in [3.05, 3.63) is 22.4 Å². The Labute approximate surface area is 134 Å². The van der Waals surface area contributed by atoms with E-state index < -0.39 is 0 Å². The van der Waals surface area contributed by atoms with Crippen LogP contribution in [0.4, 0.5) is 0 Å². The van der Waals surface area contributed by atoms with Crippen molar-refractivity contribution >= 4 is 11.3 Å². The third-order valence-electron chi connectivity index (χ3n) is 5.83. The Morgan fingerprint density at radius 3 is 2.38 bits per heavy atom. The van der Waals surface area contributed by atoms with Crippen LogP contribution < -0.4 is 5.32 Å². The van der Waals surface area contributed by atoms with Gasteiger partial charge in [-0.05, 0) is 43.6 Å². The third-order valence-corrected chi connectivity index (χ3v) is 6.77. The Bertz CT molecular complexity index is 405. The van der Waals surface area contributed by atoms with Crippen LogP contribution in [0.5, 0.6) is 0 Å². The van der Waals surface area contributed by atoms with Gasteiger partial charge in [0.2, 0.25) is 0 Å². The average Bonchev–Trinajstić information content (AvgIpc) is 3.06. The average molecular weight is 309 g/mol. The van der Waals surface area contributed by atoms with Crippen molar-refractivity contribution in [1.29, 1.82) is 0 Å². The predicted octanol–water partition coefficient (Wildman–Crippen LogP) is 4.31. The van der Waals surface area contributed by atoms with Gasteiger partial charge >= 0.3 is 0 Å². The molecule has 2 rings (SSSR count). The smallest absolute Gasteiger partial charge is 0.0329 e. The lowest BCUT2D eigenvalue weighted by Gasteiger charge is -2.54. The van der Waals surface area contributed by atoms with Crippen LogP contribution in [0.3, 0.4) is 0 Å². The van der Waals surface area contributed by atoms with Crippen molar-refractivity contribution in [1.82, 2.24) is 10.2 Å². The van der Waals surface area contributed by atoms with Crippen LogP contribution in [0.25, 0.3) is 0 Å². The molecular weight excluding hydrogens is 276 g/mol. The van der Waals surface area contributed by atoms with Crippen LogP contribution in [0.2, 0.25) is 0 Å². The highest BCUT2D eigenvalue weighted by Gasteiger charge is 2.43.